The molecule has 1 aromatic carbocycles. The molecule has 0 saturated heterocycles. The number of hydrogen-bond donors (Lipinski definition) is 0. The number of amides is 1. The number of carbonyl (C=O) groups excluding carboxylic acids is 1. The number of benzene rings is 1. The molecule has 0 aliphatic carbocycles. The maximum absolute atomic E-state index is 12.6. The van der Waals surface area contributed by atoms with Crippen molar-refractivity contribution >= 4 is 26.3 Å². The van der Waals surface area contributed by atoms with E-state index in [1.165, 1.54) is 6.07 Å². The van der Waals surface area contributed by atoms with Crippen LogP contribution in [0.3, 0.4) is 0 Å². The van der Waals surface area contributed by atoms with Crippen LogP contribution in [0.5, 0.6) is 0 Å². The molecule has 0 fully saturated rings. The van der Waals surface area contributed by atoms with Crippen molar-refractivity contribution in [1.29, 1.82) is 0 Å². The number of nitro groups is 1. The van der Waals surface area contributed by atoms with Gasteiger partial charge in [0.25, 0.3) is 5.69 Å². The Labute approximate surface area is 144 Å². The maximum atomic E-state index is 12.6. The molecule has 0 aromatic heterocycles. The molecule has 1 aliphatic rings. The highest BCUT2D eigenvalue weighted by atomic mass is 28.3. The number of hydrogen-bond acceptors (Lipinski definition) is 4. The molecule has 1 heterocycles. The normalized spacial score (nSPS) is 16.2. The fourth-order valence-corrected chi connectivity index (χ4v) is 3.73. The van der Waals surface area contributed by atoms with Gasteiger partial charge >= 0.3 is 0 Å². The summed E-state index contributed by atoms with van der Waals surface area (Å²) < 4.78 is 6.13. The molecular weight excluding hydrogens is 324 g/mol. The van der Waals surface area contributed by atoms with Crippen LogP contribution in [0.25, 0.3) is 0 Å². The lowest BCUT2D eigenvalue weighted by molar-refractivity contribution is -0.385. The van der Waals surface area contributed by atoms with Crippen molar-refractivity contribution in [3.8, 4) is 0 Å². The van der Waals surface area contributed by atoms with Crippen molar-refractivity contribution in [3.05, 3.63) is 33.9 Å². The van der Waals surface area contributed by atoms with Crippen LogP contribution in [0.15, 0.2) is 18.2 Å². The molecule has 1 amide bonds. The minimum absolute atomic E-state index is 0.0272. The van der Waals surface area contributed by atoms with Crippen molar-refractivity contribution in [1.82, 2.24) is 0 Å². The van der Waals surface area contributed by atoms with Gasteiger partial charge in [0.2, 0.25) is 14.9 Å². The van der Waals surface area contributed by atoms with Gasteiger partial charge in [-0.05, 0) is 37.4 Å². The molecule has 1 aromatic rings. The first-order valence-electron chi connectivity index (χ1n) is 8.15. The smallest absolute Gasteiger partial charge is 0.274 e. The fraction of sp³-hybridized carbons (Fsp3) is 0.588. The lowest BCUT2D eigenvalue weighted by Gasteiger charge is -2.39. The van der Waals surface area contributed by atoms with Gasteiger partial charge in [-0.15, -0.1) is 0 Å². The topological polar surface area (TPSA) is 72.7 Å². The maximum Gasteiger partial charge on any atom is 0.274 e. The first-order valence-corrected chi connectivity index (χ1v) is 10.6. The first-order chi connectivity index (χ1) is 11.1. The lowest BCUT2D eigenvalue weighted by atomic mass is 9.90. The highest BCUT2D eigenvalue weighted by Gasteiger charge is 2.36. The van der Waals surface area contributed by atoms with E-state index >= 15 is 0 Å². The Bertz CT molecular complexity index is 640. The Morgan fingerprint density at radius 1 is 1.33 bits per heavy atom. The third-order valence-electron chi connectivity index (χ3n) is 3.89. The van der Waals surface area contributed by atoms with Gasteiger partial charge in [0.1, 0.15) is 6.23 Å². The molecule has 1 radical (unpaired) electrons. The largest absolute Gasteiger partial charge is 0.397 e. The van der Waals surface area contributed by atoms with Crippen molar-refractivity contribution in [3.63, 3.8) is 0 Å². The Kier molecular flexibility index (Phi) is 5.44. The van der Waals surface area contributed by atoms with E-state index in [1.54, 1.807) is 17.0 Å². The van der Waals surface area contributed by atoms with Gasteiger partial charge in [-0.1, -0.05) is 26.8 Å². The van der Waals surface area contributed by atoms with Crippen molar-refractivity contribution in [2.24, 2.45) is 5.41 Å². The summed E-state index contributed by atoms with van der Waals surface area (Å²) in [6.45, 7) is 10.4. The zero-order valence-electron chi connectivity index (χ0n) is 15.0. The van der Waals surface area contributed by atoms with Crippen molar-refractivity contribution in [2.75, 3.05) is 4.90 Å². The second-order valence-electron chi connectivity index (χ2n) is 7.54. The number of anilines is 1. The van der Waals surface area contributed by atoms with Crippen molar-refractivity contribution in [2.45, 2.75) is 59.4 Å². The second kappa shape index (κ2) is 7.02. The summed E-state index contributed by atoms with van der Waals surface area (Å²) in [6.07, 6.45) is 0.969. The molecule has 6 nitrogen and oxygen atoms in total. The summed E-state index contributed by atoms with van der Waals surface area (Å²) >= 11 is 0. The van der Waals surface area contributed by atoms with Gasteiger partial charge in [0.05, 0.1) is 16.2 Å². The van der Waals surface area contributed by atoms with E-state index in [-0.39, 0.29) is 34.6 Å². The monoisotopic (exact) mass is 349 g/mol. The molecule has 131 valence electrons. The van der Waals surface area contributed by atoms with Crippen LogP contribution < -0.4 is 4.90 Å². The van der Waals surface area contributed by atoms with E-state index in [0.717, 1.165) is 0 Å². The third-order valence-corrected chi connectivity index (χ3v) is 4.63. The summed E-state index contributed by atoms with van der Waals surface area (Å²) in [4.78, 5) is 25.2. The van der Waals surface area contributed by atoms with Crippen LogP contribution in [0.4, 0.5) is 11.4 Å². The molecule has 0 spiro atoms. The van der Waals surface area contributed by atoms with Crippen LogP contribution >= 0.6 is 0 Å². The molecular formula is C17H25N2O4Si. The highest BCUT2D eigenvalue weighted by molar-refractivity contribution is 6.48. The van der Waals surface area contributed by atoms with E-state index in [0.29, 0.717) is 24.1 Å². The molecule has 1 unspecified atom stereocenters. The van der Waals surface area contributed by atoms with Crippen LogP contribution in [0, 0.1) is 15.5 Å². The Hall–Kier alpha value is -1.73. The zero-order chi connectivity index (χ0) is 18.1. The molecule has 1 atom stereocenters. The summed E-state index contributed by atoms with van der Waals surface area (Å²) in [7, 11) is -1.03. The third kappa shape index (κ3) is 4.21. The van der Waals surface area contributed by atoms with E-state index in [4.69, 9.17) is 4.43 Å². The van der Waals surface area contributed by atoms with Crippen LogP contribution in [-0.2, 0) is 15.6 Å². The Morgan fingerprint density at radius 2 is 2.00 bits per heavy atom. The number of fused-ring (bicyclic) bond motifs is 1. The van der Waals surface area contributed by atoms with Gasteiger partial charge in [-0.3, -0.25) is 19.8 Å². The van der Waals surface area contributed by atoms with E-state index in [9.17, 15) is 14.9 Å². The van der Waals surface area contributed by atoms with E-state index in [1.807, 2.05) is 13.1 Å². The molecule has 0 bridgehead atoms. The molecule has 0 N–H and O–H groups in total. The lowest BCUT2D eigenvalue weighted by Crippen LogP contribution is -2.48. The molecule has 7 heteroatoms. The average Bonchev–Trinajstić information content (AvgIpc) is 2.43. The molecule has 2 rings (SSSR count). The average molecular weight is 349 g/mol. The standard InChI is InChI=1S/C17H25N2O4Si/c1-17(2,3)11-16(23-24(4)5)18-13-7-6-8-14(19(21)22)12(13)9-10-15(18)20/h6-8,16H,9-11H2,1-5H3. The van der Waals surface area contributed by atoms with Crippen LogP contribution in [0.1, 0.15) is 39.2 Å². The zero-order valence-corrected chi connectivity index (χ0v) is 16.0. The van der Waals surface area contributed by atoms with Crippen LogP contribution in [0.2, 0.25) is 13.1 Å². The predicted molar refractivity (Wildman–Crippen MR) is 95.3 cm³/mol. The molecule has 0 saturated carbocycles. The number of carbonyl (C=O) groups is 1. The quantitative estimate of drug-likeness (QED) is 0.459. The minimum atomic E-state index is -1.03. The summed E-state index contributed by atoms with van der Waals surface area (Å²) in [6, 6.07) is 4.93. The first kappa shape index (κ1) is 18.6. The van der Waals surface area contributed by atoms with Crippen LogP contribution in [-0.4, -0.2) is 26.1 Å². The number of rotatable bonds is 5. The van der Waals surface area contributed by atoms with Gasteiger partial charge in [-0.2, -0.15) is 0 Å². The summed E-state index contributed by atoms with van der Waals surface area (Å²) in [5.41, 5.74) is 1.31. The fourth-order valence-electron chi connectivity index (χ4n) is 3.00. The Balaban J connectivity index is 2.49. The predicted octanol–water partition coefficient (Wildman–Crippen LogP) is 3.90. The van der Waals surface area contributed by atoms with Gasteiger partial charge < -0.3 is 4.43 Å². The van der Waals surface area contributed by atoms with Crippen molar-refractivity contribution < 1.29 is 14.1 Å². The summed E-state index contributed by atoms with van der Waals surface area (Å²) in [5, 5.41) is 11.3. The highest BCUT2D eigenvalue weighted by Crippen LogP contribution is 2.38. The van der Waals surface area contributed by atoms with Gasteiger partial charge in [0, 0.05) is 12.5 Å². The van der Waals surface area contributed by atoms with Gasteiger partial charge in [-0.25, -0.2) is 0 Å². The Morgan fingerprint density at radius 3 is 2.54 bits per heavy atom. The summed E-state index contributed by atoms with van der Waals surface area (Å²) in [5.74, 6) is -0.0273. The number of nitro benzene ring substituents is 1. The number of nitrogens with zero attached hydrogens (tertiary/aromatic N) is 2. The second-order valence-corrected chi connectivity index (χ2v) is 9.59. The molecule has 24 heavy (non-hydrogen) atoms. The van der Waals surface area contributed by atoms with Gasteiger partial charge in [0.15, 0.2) is 0 Å². The van der Waals surface area contributed by atoms with E-state index < -0.39 is 9.04 Å². The SMILES string of the molecule is C[Si](C)OC(CC(C)(C)C)N1C(=O)CCc2c1cccc2[N+](=O)[O-]. The minimum Gasteiger partial charge on any atom is -0.397 e. The molecule has 1 aliphatic heterocycles. The van der Waals surface area contributed by atoms with E-state index in [2.05, 4.69) is 20.8 Å².